The third kappa shape index (κ3) is 7.05. The predicted octanol–water partition coefficient (Wildman–Crippen LogP) is 8.09. The zero-order chi connectivity index (χ0) is 25.6. The molecule has 0 bridgehead atoms. The summed E-state index contributed by atoms with van der Waals surface area (Å²) in [5.41, 5.74) is 4.40. The van der Waals surface area contributed by atoms with Gasteiger partial charge >= 0.3 is 6.18 Å². The summed E-state index contributed by atoms with van der Waals surface area (Å²) in [6, 6.07) is 16.9. The monoisotopic (exact) mass is 566 g/mol. The Morgan fingerprint density at radius 3 is 2.31 bits per heavy atom. The fourth-order valence-corrected chi connectivity index (χ4v) is 4.09. The average molecular weight is 567 g/mol. The van der Waals surface area contributed by atoms with Crippen LogP contribution >= 0.6 is 28.1 Å². The molecule has 0 saturated heterocycles. The van der Waals surface area contributed by atoms with E-state index in [1.807, 2.05) is 23.1 Å². The Morgan fingerprint density at radius 1 is 1.09 bits per heavy atom. The van der Waals surface area contributed by atoms with Crippen LogP contribution in [0.25, 0.3) is 5.57 Å². The van der Waals surface area contributed by atoms with Crippen LogP contribution in [0.3, 0.4) is 0 Å². The first-order valence-electron chi connectivity index (χ1n) is 10.5. The van der Waals surface area contributed by atoms with Gasteiger partial charge in [-0.1, -0.05) is 46.9 Å². The van der Waals surface area contributed by atoms with Gasteiger partial charge in [0.1, 0.15) is 17.7 Å². The van der Waals surface area contributed by atoms with E-state index in [0.717, 1.165) is 33.4 Å². The molecule has 0 saturated carbocycles. The van der Waals surface area contributed by atoms with E-state index in [-0.39, 0.29) is 12.0 Å². The molecular weight excluding hydrogens is 544 g/mol. The molecule has 1 unspecified atom stereocenters. The number of fused-ring (bicyclic) bond motifs is 1. The lowest BCUT2D eigenvalue weighted by Gasteiger charge is -2.35. The summed E-state index contributed by atoms with van der Waals surface area (Å²) in [5, 5.41) is 3.40. The van der Waals surface area contributed by atoms with Crippen LogP contribution in [0.2, 0.25) is 0 Å². The first-order valence-corrected chi connectivity index (χ1v) is 11.8. The quantitative estimate of drug-likeness (QED) is 0.256. The van der Waals surface area contributed by atoms with E-state index < -0.39 is 11.7 Å². The molecule has 1 aliphatic heterocycles. The van der Waals surface area contributed by atoms with Crippen LogP contribution < -0.4 is 10.1 Å². The van der Waals surface area contributed by atoms with E-state index in [4.69, 9.17) is 17.0 Å². The van der Waals surface area contributed by atoms with Gasteiger partial charge < -0.3 is 15.0 Å². The summed E-state index contributed by atoms with van der Waals surface area (Å²) in [6.07, 6.45) is -4.01. The van der Waals surface area contributed by atoms with E-state index in [0.29, 0.717) is 24.3 Å². The summed E-state index contributed by atoms with van der Waals surface area (Å²) in [4.78, 5) is 1.90. The maximum Gasteiger partial charge on any atom is 0.416 e. The number of halogens is 5. The second-order valence-corrected chi connectivity index (χ2v) is 8.84. The number of nitrogens with zero attached hydrogens (tertiary/aromatic N) is 1. The Balaban J connectivity index is 0.000000320. The van der Waals surface area contributed by atoms with Crippen molar-refractivity contribution in [1.82, 2.24) is 4.90 Å². The van der Waals surface area contributed by atoms with Gasteiger partial charge in [0.15, 0.2) is 0 Å². The number of thiocarbonyl (C=S) groups is 1. The van der Waals surface area contributed by atoms with Gasteiger partial charge in [-0.2, -0.15) is 13.2 Å². The Morgan fingerprint density at radius 2 is 1.74 bits per heavy atom. The minimum Gasteiger partial charge on any atom is -0.497 e. The lowest BCUT2D eigenvalue weighted by Crippen LogP contribution is -2.34. The van der Waals surface area contributed by atoms with Crippen LogP contribution in [0, 0.1) is 5.82 Å². The SMILES string of the molecule is C=C1CCN(C=S)C(c2ccc(C(F)(F)F)cc2)Nc2ccc(Br)cc21.COc1ccc(F)cc1. The van der Waals surface area contributed by atoms with E-state index in [1.165, 1.54) is 29.8 Å². The molecule has 0 fully saturated rings. The van der Waals surface area contributed by atoms with Crippen molar-refractivity contribution in [3.8, 4) is 5.75 Å². The molecule has 1 heterocycles. The third-order valence-corrected chi connectivity index (χ3v) is 6.16. The van der Waals surface area contributed by atoms with Gasteiger partial charge in [0.2, 0.25) is 0 Å². The van der Waals surface area contributed by atoms with Gasteiger partial charge in [-0.25, -0.2) is 4.39 Å². The predicted molar refractivity (Wildman–Crippen MR) is 139 cm³/mol. The van der Waals surface area contributed by atoms with Gasteiger partial charge in [0.25, 0.3) is 0 Å². The highest BCUT2D eigenvalue weighted by Gasteiger charge is 2.31. The van der Waals surface area contributed by atoms with Gasteiger partial charge in [-0.3, -0.25) is 0 Å². The first-order chi connectivity index (χ1) is 16.6. The number of nitrogens with one attached hydrogen (secondary N) is 1. The van der Waals surface area contributed by atoms with Crippen molar-refractivity contribution in [2.45, 2.75) is 18.8 Å². The van der Waals surface area contributed by atoms with Crippen LogP contribution in [0.4, 0.5) is 23.2 Å². The molecule has 1 aliphatic rings. The number of methoxy groups -OCH3 is 1. The number of ether oxygens (including phenoxy) is 1. The molecule has 0 spiro atoms. The number of hydrogen-bond donors (Lipinski definition) is 1. The van der Waals surface area contributed by atoms with Crippen LogP contribution in [0.15, 0.2) is 77.8 Å². The topological polar surface area (TPSA) is 24.5 Å². The number of anilines is 1. The van der Waals surface area contributed by atoms with Crippen molar-refractivity contribution in [2.24, 2.45) is 0 Å². The van der Waals surface area contributed by atoms with Gasteiger partial charge in [0, 0.05) is 22.3 Å². The molecule has 0 radical (unpaired) electrons. The molecule has 3 nitrogen and oxygen atoms in total. The fourth-order valence-electron chi connectivity index (χ4n) is 3.51. The Kier molecular flexibility index (Phi) is 8.91. The van der Waals surface area contributed by atoms with Crippen molar-refractivity contribution in [2.75, 3.05) is 19.0 Å². The molecule has 0 aromatic heterocycles. The van der Waals surface area contributed by atoms with Crippen LogP contribution in [-0.4, -0.2) is 24.0 Å². The summed E-state index contributed by atoms with van der Waals surface area (Å²) >= 11 is 8.61. The van der Waals surface area contributed by atoms with Crippen LogP contribution in [0.5, 0.6) is 5.75 Å². The lowest BCUT2D eigenvalue weighted by molar-refractivity contribution is -0.137. The maximum atomic E-state index is 12.8. The van der Waals surface area contributed by atoms with Gasteiger partial charge in [0.05, 0.1) is 18.2 Å². The second kappa shape index (κ2) is 11.7. The normalized spacial score (nSPS) is 15.5. The van der Waals surface area contributed by atoms with Crippen molar-refractivity contribution in [3.05, 3.63) is 100 Å². The molecule has 1 atom stereocenters. The Labute approximate surface area is 215 Å². The van der Waals surface area contributed by atoms with E-state index in [2.05, 4.69) is 27.8 Å². The summed E-state index contributed by atoms with van der Waals surface area (Å²) in [5.74, 6) is 0.437. The second-order valence-electron chi connectivity index (χ2n) is 7.71. The zero-order valence-corrected chi connectivity index (χ0v) is 21.2. The third-order valence-electron chi connectivity index (χ3n) is 5.40. The molecule has 1 N–H and O–H groups in total. The zero-order valence-electron chi connectivity index (χ0n) is 18.8. The molecule has 0 amide bonds. The minimum absolute atomic E-state index is 0.240. The van der Waals surface area contributed by atoms with Crippen molar-refractivity contribution in [3.63, 3.8) is 0 Å². The fraction of sp³-hybridized carbons (Fsp3) is 0.192. The molecule has 184 valence electrons. The highest BCUT2D eigenvalue weighted by molar-refractivity contribution is 9.10. The van der Waals surface area contributed by atoms with E-state index in [1.54, 1.807) is 19.2 Å². The number of alkyl halides is 3. The number of hydrogen-bond acceptors (Lipinski definition) is 3. The molecule has 4 rings (SSSR count). The Hall–Kier alpha value is -2.91. The van der Waals surface area contributed by atoms with Crippen molar-refractivity contribution >= 4 is 44.9 Å². The standard InChI is InChI=1S/C19H16BrF3N2S.C7H7FO/c1-12-8-9-25(11-26)18(24-17-7-6-15(20)10-16(12)17)13-2-4-14(5-3-13)19(21,22)23;1-9-7-4-2-6(8)3-5-7/h2-7,10-11,18,24H,1,8-9H2;2-5H,1H3. The molecular formula is C26H23BrF4N2OS. The lowest BCUT2D eigenvalue weighted by atomic mass is 9.99. The van der Waals surface area contributed by atoms with E-state index >= 15 is 0 Å². The Bertz CT molecular complexity index is 1170. The van der Waals surface area contributed by atoms with Gasteiger partial charge in [-0.15, -0.1) is 0 Å². The van der Waals surface area contributed by atoms with Gasteiger partial charge in [-0.05, 0) is 72.2 Å². The number of rotatable bonds is 3. The van der Waals surface area contributed by atoms with Crippen LogP contribution in [0.1, 0.15) is 29.3 Å². The first kappa shape index (κ1) is 26.7. The summed E-state index contributed by atoms with van der Waals surface area (Å²) in [7, 11) is 1.55. The largest absolute Gasteiger partial charge is 0.497 e. The smallest absolute Gasteiger partial charge is 0.416 e. The van der Waals surface area contributed by atoms with Crippen molar-refractivity contribution in [1.29, 1.82) is 0 Å². The highest BCUT2D eigenvalue weighted by Crippen LogP contribution is 2.36. The molecule has 0 aliphatic carbocycles. The average Bonchev–Trinajstić information content (AvgIpc) is 2.84. The molecule has 3 aromatic carbocycles. The molecule has 9 heteroatoms. The molecule has 35 heavy (non-hydrogen) atoms. The van der Waals surface area contributed by atoms with Crippen molar-refractivity contribution < 1.29 is 22.3 Å². The molecule has 3 aromatic rings. The van der Waals surface area contributed by atoms with Crippen LogP contribution in [-0.2, 0) is 6.18 Å². The summed E-state index contributed by atoms with van der Waals surface area (Å²) < 4.78 is 56.4. The number of benzene rings is 3. The van der Waals surface area contributed by atoms with E-state index in [9.17, 15) is 17.6 Å². The minimum atomic E-state index is -4.35. The maximum absolute atomic E-state index is 12.8. The summed E-state index contributed by atoms with van der Waals surface area (Å²) in [6.45, 7) is 4.76. The highest BCUT2D eigenvalue weighted by atomic mass is 79.9.